The molecule has 12 heteroatoms. The van der Waals surface area contributed by atoms with Crippen LogP contribution in [0.15, 0.2) is 65.4 Å². The molecule has 3 atom stereocenters. The normalized spacial score (nSPS) is 19.8. The van der Waals surface area contributed by atoms with E-state index in [1.54, 1.807) is 4.90 Å². The van der Waals surface area contributed by atoms with Crippen molar-refractivity contribution in [3.8, 4) is 0 Å². The Labute approximate surface area is 237 Å². The first-order valence-corrected chi connectivity index (χ1v) is 13.0. The minimum atomic E-state index is -4.92. The standard InChI is InChI=1S/C27H27BrF6N4.ClH/c1-2-22-12-24(13-23(37-22)10-17-6-4-3-5-7-17)38(25-35-14-21(28)15-36-25)16-18-8-19(26(29,30)31)11-20(9-18)27(32,33)34;/h3-9,11,14-15,22-24,37H,2,10,12-13,16H2,1H3;1H/t22-,23+,24+;/m1./s1. The molecule has 0 radical (unpaired) electrons. The number of piperidine rings is 1. The first-order valence-electron chi connectivity index (χ1n) is 12.2. The zero-order valence-corrected chi connectivity index (χ0v) is 23.3. The van der Waals surface area contributed by atoms with Crippen molar-refractivity contribution in [1.29, 1.82) is 0 Å². The molecule has 0 bridgehead atoms. The Morgan fingerprint density at radius 2 is 1.44 bits per heavy atom. The molecule has 1 aromatic heterocycles. The lowest BCUT2D eigenvalue weighted by Crippen LogP contribution is -2.53. The van der Waals surface area contributed by atoms with Gasteiger partial charge in [0.15, 0.2) is 0 Å². The second-order valence-corrected chi connectivity index (χ2v) is 10.4. The number of alkyl halides is 6. The molecule has 0 aliphatic carbocycles. The smallest absolute Gasteiger partial charge is 0.333 e. The van der Waals surface area contributed by atoms with E-state index >= 15 is 0 Å². The summed E-state index contributed by atoms with van der Waals surface area (Å²) in [6, 6.07) is 11.6. The topological polar surface area (TPSA) is 41.1 Å². The Bertz CT molecular complexity index is 1180. The van der Waals surface area contributed by atoms with Gasteiger partial charge in [-0.05, 0) is 70.9 Å². The van der Waals surface area contributed by atoms with Crippen LogP contribution in [-0.2, 0) is 25.3 Å². The highest BCUT2D eigenvalue weighted by Crippen LogP contribution is 2.37. The van der Waals surface area contributed by atoms with Crippen LogP contribution < -0.4 is 10.2 Å². The zero-order chi connectivity index (χ0) is 27.5. The molecule has 3 aromatic rings. The van der Waals surface area contributed by atoms with E-state index in [9.17, 15) is 26.3 Å². The van der Waals surface area contributed by atoms with E-state index in [4.69, 9.17) is 0 Å². The fourth-order valence-electron chi connectivity index (χ4n) is 4.93. The maximum atomic E-state index is 13.5. The summed E-state index contributed by atoms with van der Waals surface area (Å²) in [6.45, 7) is 1.84. The molecule has 0 saturated carbocycles. The van der Waals surface area contributed by atoms with Gasteiger partial charge in [-0.2, -0.15) is 26.3 Å². The molecule has 0 spiro atoms. The minimum absolute atomic E-state index is 0. The number of nitrogens with one attached hydrogen (secondary N) is 1. The number of hydrogen-bond donors (Lipinski definition) is 1. The predicted octanol–water partition coefficient (Wildman–Crippen LogP) is 7.85. The quantitative estimate of drug-likeness (QED) is 0.268. The van der Waals surface area contributed by atoms with Crippen LogP contribution >= 0.6 is 28.3 Å². The average Bonchev–Trinajstić information content (AvgIpc) is 2.87. The molecule has 212 valence electrons. The SMILES string of the molecule is CC[C@@H]1C[C@H](N(Cc2cc(C(F)(F)F)cc(C(F)(F)F)c2)c2ncc(Br)cn2)C[C@H](Cc2ccccc2)N1.Cl. The van der Waals surface area contributed by atoms with Crippen LogP contribution in [0.2, 0.25) is 0 Å². The Morgan fingerprint density at radius 3 is 1.97 bits per heavy atom. The number of nitrogens with zero attached hydrogens (tertiary/aromatic N) is 3. The second-order valence-electron chi connectivity index (χ2n) is 9.53. The zero-order valence-electron chi connectivity index (χ0n) is 20.9. The van der Waals surface area contributed by atoms with Crippen LogP contribution in [0.4, 0.5) is 32.3 Å². The summed E-state index contributed by atoms with van der Waals surface area (Å²) in [4.78, 5) is 10.5. The summed E-state index contributed by atoms with van der Waals surface area (Å²) in [5.41, 5.74) is -1.64. The van der Waals surface area contributed by atoms with E-state index in [-0.39, 0.29) is 54.7 Å². The van der Waals surface area contributed by atoms with Gasteiger partial charge >= 0.3 is 12.4 Å². The largest absolute Gasteiger partial charge is 0.416 e. The van der Waals surface area contributed by atoms with Gasteiger partial charge < -0.3 is 10.2 Å². The van der Waals surface area contributed by atoms with Gasteiger partial charge in [-0.1, -0.05) is 37.3 Å². The monoisotopic (exact) mass is 636 g/mol. The van der Waals surface area contributed by atoms with E-state index in [2.05, 4.69) is 31.2 Å². The highest BCUT2D eigenvalue weighted by molar-refractivity contribution is 9.10. The number of halogens is 8. The lowest BCUT2D eigenvalue weighted by molar-refractivity contribution is -0.143. The summed E-state index contributed by atoms with van der Waals surface area (Å²) in [7, 11) is 0. The molecule has 1 aliphatic rings. The van der Waals surface area contributed by atoms with Crippen molar-refractivity contribution in [2.24, 2.45) is 0 Å². The van der Waals surface area contributed by atoms with Crippen LogP contribution in [0.25, 0.3) is 0 Å². The Kier molecular flexibility index (Phi) is 10.3. The Hall–Kier alpha value is -2.37. The van der Waals surface area contributed by atoms with Crippen molar-refractivity contribution in [2.75, 3.05) is 4.90 Å². The molecule has 1 aliphatic heterocycles. The number of benzene rings is 2. The summed E-state index contributed by atoms with van der Waals surface area (Å²) in [6.07, 6.45) is -3.98. The van der Waals surface area contributed by atoms with Crippen molar-refractivity contribution >= 4 is 34.3 Å². The number of anilines is 1. The van der Waals surface area contributed by atoms with Crippen LogP contribution in [0.5, 0.6) is 0 Å². The van der Waals surface area contributed by atoms with Crippen molar-refractivity contribution in [3.05, 3.63) is 87.7 Å². The number of aromatic nitrogens is 2. The van der Waals surface area contributed by atoms with Gasteiger partial charge in [0, 0.05) is 37.1 Å². The third-order valence-corrected chi connectivity index (χ3v) is 7.12. The summed E-state index contributed by atoms with van der Waals surface area (Å²) in [5.74, 6) is 0.249. The van der Waals surface area contributed by atoms with E-state index in [1.807, 2.05) is 37.3 Å². The lowest BCUT2D eigenvalue weighted by atomic mass is 9.88. The van der Waals surface area contributed by atoms with Gasteiger partial charge in [0.05, 0.1) is 15.6 Å². The molecule has 1 N–H and O–H groups in total. The molecule has 1 saturated heterocycles. The highest BCUT2D eigenvalue weighted by atomic mass is 79.9. The van der Waals surface area contributed by atoms with Gasteiger partial charge in [-0.25, -0.2) is 9.97 Å². The highest BCUT2D eigenvalue weighted by Gasteiger charge is 2.38. The third kappa shape index (κ3) is 8.31. The van der Waals surface area contributed by atoms with Crippen molar-refractivity contribution in [3.63, 3.8) is 0 Å². The van der Waals surface area contributed by atoms with E-state index < -0.39 is 23.5 Å². The Balaban J connectivity index is 0.00000420. The summed E-state index contributed by atoms with van der Waals surface area (Å²) < 4.78 is 81.8. The molecule has 39 heavy (non-hydrogen) atoms. The van der Waals surface area contributed by atoms with Crippen molar-refractivity contribution in [2.45, 2.75) is 69.6 Å². The molecule has 2 heterocycles. The molecule has 0 unspecified atom stereocenters. The van der Waals surface area contributed by atoms with E-state index in [0.717, 1.165) is 30.5 Å². The van der Waals surface area contributed by atoms with Gasteiger partial charge in [-0.3, -0.25) is 0 Å². The Morgan fingerprint density at radius 1 is 0.872 bits per heavy atom. The summed E-state index contributed by atoms with van der Waals surface area (Å²) in [5, 5.41) is 3.65. The van der Waals surface area contributed by atoms with Crippen molar-refractivity contribution in [1.82, 2.24) is 15.3 Å². The second kappa shape index (κ2) is 12.9. The molecular weight excluding hydrogens is 610 g/mol. The average molecular weight is 638 g/mol. The van der Waals surface area contributed by atoms with Crippen LogP contribution in [0.3, 0.4) is 0 Å². The van der Waals surface area contributed by atoms with Crippen LogP contribution in [0.1, 0.15) is 48.4 Å². The molecule has 2 aromatic carbocycles. The maximum Gasteiger partial charge on any atom is 0.416 e. The molecule has 4 rings (SSSR count). The van der Waals surface area contributed by atoms with Crippen LogP contribution in [-0.4, -0.2) is 28.1 Å². The van der Waals surface area contributed by atoms with Gasteiger partial charge in [0.1, 0.15) is 0 Å². The first-order chi connectivity index (χ1) is 17.9. The fourth-order valence-corrected chi connectivity index (χ4v) is 5.13. The maximum absolute atomic E-state index is 13.5. The first kappa shape index (κ1) is 31.2. The number of rotatable bonds is 7. The fraction of sp³-hybridized carbons (Fsp3) is 0.407. The minimum Gasteiger partial charge on any atom is -0.333 e. The predicted molar refractivity (Wildman–Crippen MR) is 144 cm³/mol. The number of hydrogen-bond acceptors (Lipinski definition) is 4. The summed E-state index contributed by atoms with van der Waals surface area (Å²) >= 11 is 3.28. The van der Waals surface area contributed by atoms with E-state index in [1.165, 1.54) is 12.4 Å². The van der Waals surface area contributed by atoms with Crippen molar-refractivity contribution < 1.29 is 26.3 Å². The van der Waals surface area contributed by atoms with Crippen LogP contribution in [0, 0.1) is 0 Å². The lowest BCUT2D eigenvalue weighted by Gasteiger charge is -2.42. The molecule has 4 nitrogen and oxygen atoms in total. The van der Waals surface area contributed by atoms with Gasteiger partial charge in [0.2, 0.25) is 5.95 Å². The van der Waals surface area contributed by atoms with E-state index in [0.29, 0.717) is 17.3 Å². The third-order valence-electron chi connectivity index (χ3n) is 6.71. The molecular formula is C27H28BrClF6N4. The van der Waals surface area contributed by atoms with Gasteiger partial charge in [-0.15, -0.1) is 12.4 Å². The molecule has 0 amide bonds. The molecule has 1 fully saturated rings. The van der Waals surface area contributed by atoms with Gasteiger partial charge in [0.25, 0.3) is 0 Å².